The molecule has 1 amide bonds. The highest BCUT2D eigenvalue weighted by Gasteiger charge is 2.22. The van der Waals surface area contributed by atoms with Gasteiger partial charge in [-0.2, -0.15) is 0 Å². The minimum atomic E-state index is -2.90. The van der Waals surface area contributed by atoms with Crippen LogP contribution in [0.4, 0.5) is 20.8 Å². The van der Waals surface area contributed by atoms with Crippen LogP contribution < -0.4 is 9.62 Å². The number of nitrogens with zero attached hydrogens (tertiary/aromatic N) is 2. The van der Waals surface area contributed by atoms with E-state index in [2.05, 4.69) is 10.3 Å². The third-order valence-electron chi connectivity index (χ3n) is 2.58. The van der Waals surface area contributed by atoms with Gasteiger partial charge in [-0.3, -0.25) is 13.3 Å². The van der Waals surface area contributed by atoms with Crippen LogP contribution in [0, 0.1) is 5.82 Å². The number of carbonyl (C=O) groups excluding carboxylic acids is 1. The average Bonchev–Trinajstić information content (AvgIpc) is 2.90. The van der Waals surface area contributed by atoms with Gasteiger partial charge in [0.15, 0.2) is 5.69 Å². The maximum Gasteiger partial charge on any atom is 0.357 e. The molecule has 2 rings (SSSR count). The summed E-state index contributed by atoms with van der Waals surface area (Å²) in [6, 6.07) is 3.27. The van der Waals surface area contributed by atoms with Crippen LogP contribution in [-0.4, -0.2) is 30.7 Å². The fourth-order valence-electron chi connectivity index (χ4n) is 1.72. The van der Waals surface area contributed by atoms with Crippen molar-refractivity contribution < 1.29 is 27.8 Å². The first kappa shape index (κ1) is 17.0. The topological polar surface area (TPSA) is 123 Å². The largest absolute Gasteiger partial charge is 0.755 e. The zero-order valence-electron chi connectivity index (χ0n) is 11.5. The summed E-state index contributed by atoms with van der Waals surface area (Å²) in [6.07, 6.45) is 0. The molecule has 11 heteroatoms. The zero-order chi connectivity index (χ0) is 17.1. The summed E-state index contributed by atoms with van der Waals surface area (Å²) < 4.78 is 37.5. The summed E-state index contributed by atoms with van der Waals surface area (Å²) >= 11 is -2.12. The third-order valence-corrected chi connectivity index (χ3v) is 4.20. The number of benzene rings is 1. The van der Waals surface area contributed by atoms with Crippen LogP contribution in [-0.2, 0) is 16.1 Å². The van der Waals surface area contributed by atoms with Gasteiger partial charge in [-0.05, 0) is 12.1 Å². The van der Waals surface area contributed by atoms with Gasteiger partial charge >= 0.3 is 5.97 Å². The first-order chi connectivity index (χ1) is 10.8. The van der Waals surface area contributed by atoms with Crippen molar-refractivity contribution in [3.05, 3.63) is 35.2 Å². The lowest BCUT2D eigenvalue weighted by molar-refractivity contribution is -0.114. The molecule has 0 fully saturated rings. The predicted molar refractivity (Wildman–Crippen MR) is 80.8 cm³/mol. The number of thiazole rings is 1. The van der Waals surface area contributed by atoms with E-state index in [0.717, 1.165) is 17.4 Å². The van der Waals surface area contributed by atoms with E-state index in [0.29, 0.717) is 4.31 Å². The van der Waals surface area contributed by atoms with Crippen molar-refractivity contribution >= 4 is 50.9 Å². The van der Waals surface area contributed by atoms with Crippen molar-refractivity contribution in [2.45, 2.75) is 6.92 Å². The minimum Gasteiger partial charge on any atom is -0.755 e. The van der Waals surface area contributed by atoms with E-state index in [1.807, 2.05) is 0 Å². The Labute approximate surface area is 136 Å². The molecule has 0 bridgehead atoms. The lowest BCUT2D eigenvalue weighted by Gasteiger charge is -2.25. The summed E-state index contributed by atoms with van der Waals surface area (Å²) in [7, 11) is 0. The lowest BCUT2D eigenvalue weighted by Crippen LogP contribution is -2.21. The van der Waals surface area contributed by atoms with Crippen molar-refractivity contribution in [1.29, 1.82) is 0 Å². The Bertz CT molecular complexity index is 795. The second-order valence-electron chi connectivity index (χ2n) is 4.17. The number of carboxylic acid groups (broad SMARTS) is 1. The quantitative estimate of drug-likeness (QED) is 0.787. The highest BCUT2D eigenvalue weighted by molar-refractivity contribution is 7.81. The SMILES string of the molecule is CC(=O)Nc1ccc(N(c2scnc2C(=O)O)S(=O)[O-])cc1F. The zero-order valence-corrected chi connectivity index (χ0v) is 13.1. The molecule has 1 heterocycles. The molecular weight excluding hydrogens is 349 g/mol. The molecule has 1 aromatic carbocycles. The lowest BCUT2D eigenvalue weighted by atomic mass is 10.2. The van der Waals surface area contributed by atoms with E-state index in [1.54, 1.807) is 0 Å². The van der Waals surface area contributed by atoms with Crippen molar-refractivity contribution in [3.63, 3.8) is 0 Å². The number of amides is 1. The van der Waals surface area contributed by atoms with Crippen LogP contribution in [0.25, 0.3) is 0 Å². The number of anilines is 3. The van der Waals surface area contributed by atoms with Crippen molar-refractivity contribution in [2.75, 3.05) is 9.62 Å². The molecule has 1 aromatic heterocycles. The van der Waals surface area contributed by atoms with E-state index < -0.39 is 34.7 Å². The summed E-state index contributed by atoms with van der Waals surface area (Å²) in [4.78, 5) is 25.6. The fraction of sp³-hybridized carbons (Fsp3) is 0.0833. The van der Waals surface area contributed by atoms with Crippen LogP contribution in [0.5, 0.6) is 0 Å². The first-order valence-electron chi connectivity index (χ1n) is 5.94. The Hall–Kier alpha value is -2.37. The fourth-order valence-corrected chi connectivity index (χ4v) is 3.25. The van der Waals surface area contributed by atoms with Gasteiger partial charge in [0.05, 0.1) is 28.2 Å². The van der Waals surface area contributed by atoms with Crippen LogP contribution in [0.15, 0.2) is 23.7 Å². The minimum absolute atomic E-state index is 0.124. The van der Waals surface area contributed by atoms with Gasteiger partial charge in [-0.25, -0.2) is 14.2 Å². The van der Waals surface area contributed by atoms with Crippen LogP contribution in [0.1, 0.15) is 17.4 Å². The van der Waals surface area contributed by atoms with Crippen LogP contribution in [0.3, 0.4) is 0 Å². The molecular formula is C12H9FN3O5S2-. The van der Waals surface area contributed by atoms with E-state index >= 15 is 0 Å². The molecule has 0 aliphatic carbocycles. The predicted octanol–water partition coefficient (Wildman–Crippen LogP) is 1.87. The van der Waals surface area contributed by atoms with Crippen molar-refractivity contribution in [1.82, 2.24) is 4.98 Å². The number of hydrogen-bond acceptors (Lipinski definition) is 6. The number of carboxylic acids is 1. The molecule has 1 unspecified atom stereocenters. The third kappa shape index (κ3) is 3.70. The smallest absolute Gasteiger partial charge is 0.357 e. The highest BCUT2D eigenvalue weighted by Crippen LogP contribution is 2.34. The van der Waals surface area contributed by atoms with Gasteiger partial charge < -0.3 is 15.0 Å². The van der Waals surface area contributed by atoms with Gasteiger partial charge in [-0.1, -0.05) is 0 Å². The monoisotopic (exact) mass is 358 g/mol. The first-order valence-corrected chi connectivity index (χ1v) is 7.86. The maximum atomic E-state index is 14.0. The molecule has 2 N–H and O–H groups in total. The van der Waals surface area contributed by atoms with E-state index in [9.17, 15) is 22.7 Å². The summed E-state index contributed by atoms with van der Waals surface area (Å²) in [6.45, 7) is 1.20. The maximum absolute atomic E-state index is 14.0. The molecule has 0 radical (unpaired) electrons. The second-order valence-corrected chi connectivity index (χ2v) is 5.80. The molecule has 0 saturated carbocycles. The number of halogens is 1. The van der Waals surface area contributed by atoms with E-state index in [1.165, 1.54) is 24.6 Å². The Balaban J connectivity index is 2.49. The number of hydrogen-bond donors (Lipinski definition) is 2. The number of aromatic carboxylic acids is 1. The second kappa shape index (κ2) is 6.81. The number of rotatable bonds is 5. The number of nitrogens with one attached hydrogen (secondary N) is 1. The van der Waals surface area contributed by atoms with Gasteiger partial charge in [0.25, 0.3) is 0 Å². The van der Waals surface area contributed by atoms with Crippen LogP contribution in [0.2, 0.25) is 0 Å². The van der Waals surface area contributed by atoms with Crippen molar-refractivity contribution in [3.8, 4) is 0 Å². The molecule has 8 nitrogen and oxygen atoms in total. The van der Waals surface area contributed by atoms with E-state index in [4.69, 9.17) is 5.11 Å². The summed E-state index contributed by atoms with van der Waals surface area (Å²) in [5, 5.41) is 11.1. The Kier molecular flexibility index (Phi) is 5.03. The normalized spacial score (nSPS) is 11.8. The Morgan fingerprint density at radius 3 is 2.70 bits per heavy atom. The van der Waals surface area contributed by atoms with Gasteiger partial charge in [0.1, 0.15) is 10.8 Å². The number of carbonyl (C=O) groups is 2. The molecule has 0 aliphatic rings. The Morgan fingerprint density at radius 2 is 2.17 bits per heavy atom. The summed E-state index contributed by atoms with van der Waals surface area (Å²) in [5.74, 6) is -2.77. The standard InChI is InChI=1S/C12H10FN3O5S2/c1-6(17)15-9-3-2-7(4-8(9)13)16(23(20)21)11-10(12(18)19)14-5-22-11/h2-5H,1H3,(H,15,17)(H,18,19)(H,20,21)/p-1. The van der Waals surface area contributed by atoms with Gasteiger partial charge in [0, 0.05) is 13.0 Å². The average molecular weight is 358 g/mol. The molecule has 23 heavy (non-hydrogen) atoms. The number of aromatic nitrogens is 1. The highest BCUT2D eigenvalue weighted by atomic mass is 32.2. The molecule has 0 spiro atoms. The molecule has 122 valence electrons. The Morgan fingerprint density at radius 1 is 1.48 bits per heavy atom. The molecule has 0 aliphatic heterocycles. The van der Waals surface area contributed by atoms with Crippen LogP contribution >= 0.6 is 11.3 Å². The van der Waals surface area contributed by atoms with Crippen molar-refractivity contribution in [2.24, 2.45) is 0 Å². The molecule has 0 saturated heterocycles. The molecule has 2 aromatic rings. The van der Waals surface area contributed by atoms with Gasteiger partial charge in [-0.15, -0.1) is 11.3 Å². The van der Waals surface area contributed by atoms with Gasteiger partial charge in [0.2, 0.25) is 5.91 Å². The van der Waals surface area contributed by atoms with E-state index in [-0.39, 0.29) is 16.4 Å². The molecule has 1 atom stereocenters. The summed E-state index contributed by atoms with van der Waals surface area (Å²) in [5.41, 5.74) is 0.448.